The van der Waals surface area contributed by atoms with E-state index in [1.807, 2.05) is 4.90 Å². The molecule has 0 aromatic carbocycles. The monoisotopic (exact) mass is 381 g/mol. The zero-order valence-electron chi connectivity index (χ0n) is 17.3. The Labute approximate surface area is 170 Å². The lowest BCUT2D eigenvalue weighted by Crippen LogP contribution is -3.19. The Bertz CT molecular complexity index is 713. The molecule has 9 atom stereocenters. The molecule has 28 heavy (non-hydrogen) atoms. The molecular formula is C25H37N2O+. The van der Waals surface area contributed by atoms with Gasteiger partial charge < -0.3 is 14.5 Å². The summed E-state index contributed by atoms with van der Waals surface area (Å²) >= 11 is 0. The van der Waals surface area contributed by atoms with Gasteiger partial charge in [-0.2, -0.15) is 0 Å². The Morgan fingerprint density at radius 2 is 1.75 bits per heavy atom. The Morgan fingerprint density at radius 1 is 0.893 bits per heavy atom. The molecule has 0 aromatic heterocycles. The van der Waals surface area contributed by atoms with Gasteiger partial charge in [-0.05, 0) is 62.5 Å². The first-order chi connectivity index (χ1) is 13.9. The zero-order valence-corrected chi connectivity index (χ0v) is 17.3. The predicted molar refractivity (Wildman–Crippen MR) is 110 cm³/mol. The van der Waals surface area contributed by atoms with Gasteiger partial charge >= 0.3 is 0 Å². The van der Waals surface area contributed by atoms with Gasteiger partial charge in [-0.25, -0.2) is 0 Å². The fourth-order valence-electron chi connectivity index (χ4n) is 8.98. The van der Waals surface area contributed by atoms with E-state index in [9.17, 15) is 0 Å². The second-order valence-electron chi connectivity index (χ2n) is 11.1. The van der Waals surface area contributed by atoms with Gasteiger partial charge in [0.15, 0.2) is 0 Å². The largest absolute Gasteiger partial charge is 0.490 e. The minimum atomic E-state index is 0.507. The minimum Gasteiger partial charge on any atom is -0.490 e. The van der Waals surface area contributed by atoms with E-state index < -0.39 is 0 Å². The van der Waals surface area contributed by atoms with Crippen molar-refractivity contribution in [3.05, 3.63) is 23.6 Å². The van der Waals surface area contributed by atoms with Crippen LogP contribution in [0.2, 0.25) is 0 Å². The number of ether oxygens (including phenoxy) is 1. The van der Waals surface area contributed by atoms with Gasteiger partial charge in [0.2, 0.25) is 0 Å². The molecule has 5 aliphatic heterocycles. The summed E-state index contributed by atoms with van der Waals surface area (Å²) in [6.07, 6.45) is 22.6. The molecule has 0 spiro atoms. The third-order valence-electron chi connectivity index (χ3n) is 10.1. The average Bonchev–Trinajstić information content (AvgIpc) is 3.31. The van der Waals surface area contributed by atoms with Crippen molar-refractivity contribution in [3.8, 4) is 0 Å². The van der Waals surface area contributed by atoms with Crippen LogP contribution < -0.4 is 4.90 Å². The molecular weight excluding hydrogens is 344 g/mol. The van der Waals surface area contributed by atoms with Crippen LogP contribution in [0.15, 0.2) is 23.6 Å². The molecule has 152 valence electrons. The van der Waals surface area contributed by atoms with Gasteiger partial charge in [-0.1, -0.05) is 19.3 Å². The molecule has 0 amide bonds. The lowest BCUT2D eigenvalue weighted by Gasteiger charge is -2.47. The number of nitrogens with zero attached hydrogens (tertiary/aromatic N) is 1. The van der Waals surface area contributed by atoms with Crippen LogP contribution in [0, 0.1) is 17.8 Å². The van der Waals surface area contributed by atoms with Crippen LogP contribution in [0.25, 0.3) is 0 Å². The van der Waals surface area contributed by atoms with Crippen molar-refractivity contribution < 1.29 is 9.64 Å². The first-order valence-corrected chi connectivity index (χ1v) is 12.6. The van der Waals surface area contributed by atoms with Gasteiger partial charge in [-0.3, -0.25) is 0 Å². The van der Waals surface area contributed by atoms with E-state index in [1.165, 1.54) is 89.4 Å². The third-order valence-corrected chi connectivity index (χ3v) is 10.1. The second kappa shape index (κ2) is 6.27. The van der Waals surface area contributed by atoms with Crippen molar-refractivity contribution in [2.75, 3.05) is 6.54 Å². The summed E-state index contributed by atoms with van der Waals surface area (Å²) in [6.45, 7) is 1.37. The molecule has 3 saturated heterocycles. The number of nitrogens with one attached hydrogen (secondary N) is 1. The molecule has 0 aromatic rings. The van der Waals surface area contributed by atoms with Crippen molar-refractivity contribution in [3.63, 3.8) is 0 Å². The topological polar surface area (TPSA) is 16.9 Å². The number of rotatable bonds is 0. The minimum absolute atomic E-state index is 0.507. The second-order valence-corrected chi connectivity index (χ2v) is 11.1. The van der Waals surface area contributed by atoms with E-state index >= 15 is 0 Å². The summed E-state index contributed by atoms with van der Waals surface area (Å²) in [7, 11) is 0. The Kier molecular flexibility index (Phi) is 3.76. The van der Waals surface area contributed by atoms with Crippen LogP contribution in [0.5, 0.6) is 0 Å². The maximum atomic E-state index is 6.77. The van der Waals surface area contributed by atoms with Crippen molar-refractivity contribution in [2.24, 2.45) is 17.8 Å². The van der Waals surface area contributed by atoms with Crippen molar-refractivity contribution >= 4 is 0 Å². The van der Waals surface area contributed by atoms with Gasteiger partial charge in [-0.15, -0.1) is 0 Å². The lowest BCUT2D eigenvalue weighted by atomic mass is 9.76. The summed E-state index contributed by atoms with van der Waals surface area (Å²) < 4.78 is 6.77. The number of allylic oxidation sites excluding steroid dienone is 1. The molecule has 7 aliphatic rings. The van der Waals surface area contributed by atoms with E-state index in [0.29, 0.717) is 12.1 Å². The van der Waals surface area contributed by atoms with E-state index in [1.54, 1.807) is 5.57 Å². The predicted octanol–water partition coefficient (Wildman–Crippen LogP) is 3.43. The van der Waals surface area contributed by atoms with Crippen LogP contribution in [-0.2, 0) is 4.74 Å². The summed E-state index contributed by atoms with van der Waals surface area (Å²) in [5.74, 6) is 4.06. The van der Waals surface area contributed by atoms with Gasteiger partial charge in [0, 0.05) is 31.0 Å². The summed E-state index contributed by atoms with van der Waals surface area (Å²) in [5, 5.41) is 0. The average molecular weight is 382 g/mol. The highest BCUT2D eigenvalue weighted by Crippen LogP contribution is 2.49. The number of quaternary nitrogens is 1. The van der Waals surface area contributed by atoms with E-state index in [-0.39, 0.29) is 0 Å². The first-order valence-electron chi connectivity index (χ1n) is 12.6. The van der Waals surface area contributed by atoms with Gasteiger partial charge in [0.05, 0.1) is 30.6 Å². The SMILES string of the molecule is C1=CN2C(CC3CCCCC32)C2=C1OC1CC[NH+]3C4CCCCC4CC3C1C2. The first kappa shape index (κ1) is 16.8. The maximum Gasteiger partial charge on any atom is 0.122 e. The third kappa shape index (κ3) is 2.32. The fraction of sp³-hybridized carbons (Fsp3) is 0.840. The van der Waals surface area contributed by atoms with E-state index in [4.69, 9.17) is 4.74 Å². The van der Waals surface area contributed by atoms with Crippen LogP contribution in [-0.4, -0.2) is 41.7 Å². The fourth-order valence-corrected chi connectivity index (χ4v) is 8.98. The van der Waals surface area contributed by atoms with E-state index in [2.05, 4.69) is 17.2 Å². The number of fused-ring (bicyclic) bond motifs is 9. The van der Waals surface area contributed by atoms with Crippen molar-refractivity contribution in [1.29, 1.82) is 0 Å². The van der Waals surface area contributed by atoms with Gasteiger partial charge in [0.25, 0.3) is 0 Å². The normalized spacial score (nSPS) is 51.4. The highest BCUT2D eigenvalue weighted by molar-refractivity contribution is 5.34. The van der Waals surface area contributed by atoms with Crippen LogP contribution >= 0.6 is 0 Å². The van der Waals surface area contributed by atoms with Crippen LogP contribution in [0.4, 0.5) is 0 Å². The zero-order chi connectivity index (χ0) is 18.2. The Morgan fingerprint density at radius 3 is 2.71 bits per heavy atom. The number of hydrogen-bond acceptors (Lipinski definition) is 2. The summed E-state index contributed by atoms with van der Waals surface area (Å²) in [4.78, 5) is 4.77. The highest BCUT2D eigenvalue weighted by atomic mass is 16.5. The maximum absolute atomic E-state index is 6.77. The Balaban J connectivity index is 1.17. The van der Waals surface area contributed by atoms with Crippen molar-refractivity contribution in [2.45, 2.75) is 107 Å². The molecule has 0 bridgehead atoms. The summed E-state index contributed by atoms with van der Waals surface area (Å²) in [5.41, 5.74) is 1.70. The lowest BCUT2D eigenvalue weighted by molar-refractivity contribution is -0.948. The molecule has 2 saturated carbocycles. The molecule has 9 unspecified atom stereocenters. The number of piperidine rings is 1. The molecule has 5 heterocycles. The standard InChI is InChI=1S/C25H36N2O/c1-3-7-20-16(5-1)13-22-18-15-19-23-14-17-6-2-4-8-21(17)27(23)12-10-25(19)28-24(18)9-11-26(20)22/h9,11,16-17,19-23,25H,1-8,10,12-15H2/p+1. The van der Waals surface area contributed by atoms with E-state index in [0.717, 1.165) is 35.9 Å². The van der Waals surface area contributed by atoms with Crippen LogP contribution in [0.3, 0.4) is 0 Å². The molecule has 7 rings (SSSR count). The smallest absolute Gasteiger partial charge is 0.122 e. The molecule has 3 heteroatoms. The molecule has 3 nitrogen and oxygen atoms in total. The van der Waals surface area contributed by atoms with Crippen molar-refractivity contribution in [1.82, 2.24) is 4.90 Å². The Hall–Kier alpha value is -0.960. The number of hydrogen-bond donors (Lipinski definition) is 1. The van der Waals surface area contributed by atoms with Gasteiger partial charge in [0.1, 0.15) is 11.9 Å². The molecule has 1 N–H and O–H groups in total. The quantitative estimate of drug-likeness (QED) is 0.692. The summed E-state index contributed by atoms with van der Waals surface area (Å²) in [6, 6.07) is 3.38. The molecule has 5 fully saturated rings. The molecule has 2 aliphatic carbocycles. The highest BCUT2D eigenvalue weighted by Gasteiger charge is 2.56. The van der Waals surface area contributed by atoms with Crippen LogP contribution in [0.1, 0.15) is 77.0 Å². The molecule has 0 radical (unpaired) electrons.